The van der Waals surface area contributed by atoms with Crippen molar-refractivity contribution in [1.82, 2.24) is 0 Å². The Hall–Kier alpha value is -2.07. The molecular formula is C18H19N. The molecule has 0 bridgehead atoms. The van der Waals surface area contributed by atoms with Crippen molar-refractivity contribution in [2.45, 2.75) is 33.1 Å². The van der Waals surface area contributed by atoms with Crippen molar-refractivity contribution in [3.05, 3.63) is 70.3 Å². The monoisotopic (exact) mass is 249 g/mol. The average Bonchev–Trinajstić information content (AvgIpc) is 2.37. The van der Waals surface area contributed by atoms with E-state index >= 15 is 0 Å². The lowest BCUT2D eigenvalue weighted by molar-refractivity contribution is 0.832. The summed E-state index contributed by atoms with van der Waals surface area (Å²) < 4.78 is 0. The van der Waals surface area contributed by atoms with E-state index in [1.165, 1.54) is 27.8 Å². The van der Waals surface area contributed by atoms with Crippen LogP contribution in [0, 0.1) is 32.1 Å². The average molecular weight is 249 g/mol. The van der Waals surface area contributed by atoms with Gasteiger partial charge in [-0.05, 0) is 49.4 Å². The van der Waals surface area contributed by atoms with Crippen molar-refractivity contribution in [2.24, 2.45) is 0 Å². The second kappa shape index (κ2) is 5.71. The molecule has 2 aromatic rings. The second-order valence-corrected chi connectivity index (χ2v) is 5.18. The van der Waals surface area contributed by atoms with Crippen molar-refractivity contribution >= 4 is 0 Å². The highest BCUT2D eigenvalue weighted by atomic mass is 14.3. The van der Waals surface area contributed by atoms with Crippen LogP contribution in [0.15, 0.2) is 42.5 Å². The number of nitriles is 1. The van der Waals surface area contributed by atoms with Gasteiger partial charge >= 0.3 is 0 Å². The van der Waals surface area contributed by atoms with Crippen molar-refractivity contribution in [2.75, 3.05) is 0 Å². The maximum Gasteiger partial charge on any atom is 0.0758 e. The Kier molecular flexibility index (Phi) is 4.02. The molecule has 0 N–H and O–H groups in total. The molecule has 1 nitrogen and oxygen atoms in total. The molecule has 0 heterocycles. The topological polar surface area (TPSA) is 23.8 Å². The third kappa shape index (κ3) is 3.03. The van der Waals surface area contributed by atoms with Crippen molar-refractivity contribution < 1.29 is 0 Å². The highest BCUT2D eigenvalue weighted by Gasteiger charge is 2.16. The lowest BCUT2D eigenvalue weighted by Gasteiger charge is -2.16. The summed E-state index contributed by atoms with van der Waals surface area (Å²) in [6.07, 6.45) is 0.780. The zero-order chi connectivity index (χ0) is 13.8. The van der Waals surface area contributed by atoms with Gasteiger partial charge in [0.25, 0.3) is 0 Å². The maximum absolute atomic E-state index is 9.51. The van der Waals surface area contributed by atoms with Gasteiger partial charge in [0.15, 0.2) is 0 Å². The van der Waals surface area contributed by atoms with Gasteiger partial charge < -0.3 is 0 Å². The van der Waals surface area contributed by atoms with Crippen LogP contribution in [0.4, 0.5) is 0 Å². The Bertz CT molecular complexity index is 582. The Labute approximate surface area is 115 Å². The van der Waals surface area contributed by atoms with Gasteiger partial charge in [-0.2, -0.15) is 5.26 Å². The Morgan fingerprint density at radius 3 is 2.11 bits per heavy atom. The molecular weight excluding hydrogens is 230 g/mol. The van der Waals surface area contributed by atoms with Crippen molar-refractivity contribution in [3.8, 4) is 6.07 Å². The molecule has 1 heteroatoms. The summed E-state index contributed by atoms with van der Waals surface area (Å²) in [6.45, 7) is 6.30. The van der Waals surface area contributed by atoms with Gasteiger partial charge in [0.2, 0.25) is 0 Å². The predicted molar refractivity (Wildman–Crippen MR) is 79.2 cm³/mol. The lowest BCUT2D eigenvalue weighted by Crippen LogP contribution is -2.05. The summed E-state index contributed by atoms with van der Waals surface area (Å²) in [5.74, 6) is -0.0667. The smallest absolute Gasteiger partial charge is 0.0758 e. The molecule has 2 aromatic carbocycles. The molecule has 0 radical (unpaired) electrons. The summed E-state index contributed by atoms with van der Waals surface area (Å²) in [4.78, 5) is 0. The van der Waals surface area contributed by atoms with Gasteiger partial charge in [-0.3, -0.25) is 0 Å². The third-order valence-electron chi connectivity index (χ3n) is 3.52. The molecule has 0 saturated heterocycles. The van der Waals surface area contributed by atoms with E-state index in [-0.39, 0.29) is 5.92 Å². The number of benzene rings is 2. The minimum atomic E-state index is -0.0667. The summed E-state index contributed by atoms with van der Waals surface area (Å²) in [5, 5.41) is 9.51. The van der Waals surface area contributed by atoms with Gasteiger partial charge in [0.05, 0.1) is 12.0 Å². The fourth-order valence-corrected chi connectivity index (χ4v) is 2.80. The number of rotatable bonds is 3. The molecule has 0 fully saturated rings. The van der Waals surface area contributed by atoms with E-state index in [1.54, 1.807) is 0 Å². The highest BCUT2D eigenvalue weighted by molar-refractivity contribution is 5.43. The summed E-state index contributed by atoms with van der Waals surface area (Å²) in [7, 11) is 0. The minimum absolute atomic E-state index is 0.0667. The SMILES string of the molecule is Cc1cc(C)c(C(C#N)Cc2ccccc2)c(C)c1. The fraction of sp³-hybridized carbons (Fsp3) is 0.278. The lowest BCUT2D eigenvalue weighted by atomic mass is 9.86. The first-order valence-electron chi connectivity index (χ1n) is 6.63. The highest BCUT2D eigenvalue weighted by Crippen LogP contribution is 2.27. The molecule has 2 rings (SSSR count). The quantitative estimate of drug-likeness (QED) is 0.787. The van der Waals surface area contributed by atoms with E-state index in [4.69, 9.17) is 0 Å². The second-order valence-electron chi connectivity index (χ2n) is 5.18. The zero-order valence-corrected chi connectivity index (χ0v) is 11.8. The van der Waals surface area contributed by atoms with Gasteiger partial charge in [-0.25, -0.2) is 0 Å². The van der Waals surface area contributed by atoms with Crippen LogP contribution in [0.25, 0.3) is 0 Å². The largest absolute Gasteiger partial charge is 0.198 e. The third-order valence-corrected chi connectivity index (χ3v) is 3.52. The summed E-state index contributed by atoms with van der Waals surface area (Å²) in [6, 6.07) is 17.0. The summed E-state index contributed by atoms with van der Waals surface area (Å²) >= 11 is 0. The van der Waals surface area contributed by atoms with Crippen molar-refractivity contribution in [3.63, 3.8) is 0 Å². The van der Waals surface area contributed by atoms with Crippen molar-refractivity contribution in [1.29, 1.82) is 5.26 Å². The Balaban J connectivity index is 2.36. The number of hydrogen-bond acceptors (Lipinski definition) is 1. The number of nitrogens with zero attached hydrogens (tertiary/aromatic N) is 1. The standard InChI is InChI=1S/C18H19N/c1-13-9-14(2)18(15(3)10-13)17(12-19)11-16-7-5-4-6-8-16/h4-10,17H,11H2,1-3H3. The van der Waals surface area contributed by atoms with E-state index in [0.717, 1.165) is 6.42 Å². The van der Waals surface area contributed by atoms with E-state index in [2.05, 4.69) is 51.1 Å². The Morgan fingerprint density at radius 1 is 1.00 bits per heavy atom. The van der Waals surface area contributed by atoms with E-state index in [0.29, 0.717) is 0 Å². The molecule has 0 aliphatic rings. The number of hydrogen-bond donors (Lipinski definition) is 0. The van der Waals surface area contributed by atoms with E-state index in [1.807, 2.05) is 18.2 Å². The molecule has 1 unspecified atom stereocenters. The van der Waals surface area contributed by atoms with E-state index in [9.17, 15) is 5.26 Å². The van der Waals surface area contributed by atoms with Crippen LogP contribution < -0.4 is 0 Å². The molecule has 0 spiro atoms. The van der Waals surface area contributed by atoms with E-state index < -0.39 is 0 Å². The van der Waals surface area contributed by atoms with Gasteiger partial charge in [0.1, 0.15) is 0 Å². The Morgan fingerprint density at radius 2 is 1.58 bits per heavy atom. The zero-order valence-electron chi connectivity index (χ0n) is 11.8. The molecule has 19 heavy (non-hydrogen) atoms. The molecule has 0 amide bonds. The first kappa shape index (κ1) is 13.4. The normalized spacial score (nSPS) is 11.9. The van der Waals surface area contributed by atoms with Gasteiger partial charge in [-0.1, -0.05) is 48.0 Å². The molecule has 0 aliphatic heterocycles. The van der Waals surface area contributed by atoms with Crippen LogP contribution in [0.5, 0.6) is 0 Å². The van der Waals surface area contributed by atoms with Gasteiger partial charge in [-0.15, -0.1) is 0 Å². The van der Waals surface area contributed by atoms with Crippen LogP contribution in [0.1, 0.15) is 33.7 Å². The van der Waals surface area contributed by atoms with Crippen LogP contribution in [-0.2, 0) is 6.42 Å². The minimum Gasteiger partial charge on any atom is -0.198 e. The molecule has 0 saturated carbocycles. The first-order valence-corrected chi connectivity index (χ1v) is 6.63. The molecule has 0 aliphatic carbocycles. The maximum atomic E-state index is 9.51. The molecule has 0 aromatic heterocycles. The fourth-order valence-electron chi connectivity index (χ4n) is 2.80. The van der Waals surface area contributed by atoms with Crippen LogP contribution >= 0.6 is 0 Å². The van der Waals surface area contributed by atoms with Crippen LogP contribution in [-0.4, -0.2) is 0 Å². The van der Waals surface area contributed by atoms with Crippen LogP contribution in [0.3, 0.4) is 0 Å². The summed E-state index contributed by atoms with van der Waals surface area (Å²) in [5.41, 5.74) is 6.11. The molecule has 96 valence electrons. The van der Waals surface area contributed by atoms with Gasteiger partial charge in [0, 0.05) is 0 Å². The first-order chi connectivity index (χ1) is 9.11. The van der Waals surface area contributed by atoms with Crippen LogP contribution in [0.2, 0.25) is 0 Å². The predicted octanol–water partition coefficient (Wildman–Crippen LogP) is 4.46. The molecule has 1 atom stereocenters. The number of aryl methyl sites for hydroxylation is 3.